The highest BCUT2D eigenvalue weighted by molar-refractivity contribution is 7.18. The topological polar surface area (TPSA) is 32.8 Å². The third kappa shape index (κ3) is 3.10. The lowest BCUT2D eigenvalue weighted by atomic mass is 9.98. The van der Waals surface area contributed by atoms with Crippen LogP contribution in [0.15, 0.2) is 41.8 Å². The molecular formula is C22H22N2O2S2. The van der Waals surface area contributed by atoms with E-state index < -0.39 is 0 Å². The second kappa shape index (κ2) is 7.26. The number of anilines is 1. The first-order chi connectivity index (χ1) is 13.7. The van der Waals surface area contributed by atoms with Crippen molar-refractivity contribution >= 4 is 34.3 Å². The van der Waals surface area contributed by atoms with Crippen LogP contribution in [0.2, 0.25) is 0 Å². The number of amides is 1. The van der Waals surface area contributed by atoms with Crippen molar-refractivity contribution in [2.24, 2.45) is 0 Å². The van der Waals surface area contributed by atoms with Crippen molar-refractivity contribution in [1.82, 2.24) is 4.90 Å². The van der Waals surface area contributed by atoms with Gasteiger partial charge in [-0.2, -0.15) is 0 Å². The molecule has 0 radical (unpaired) electrons. The van der Waals surface area contributed by atoms with Crippen molar-refractivity contribution in [3.05, 3.63) is 57.1 Å². The van der Waals surface area contributed by atoms with Crippen LogP contribution >= 0.6 is 22.7 Å². The molecule has 5 rings (SSSR count). The smallest absolute Gasteiger partial charge is 0.264 e. The second-order valence-corrected chi connectivity index (χ2v) is 9.25. The fraction of sp³-hybridized carbons (Fsp3) is 0.318. The van der Waals surface area contributed by atoms with Crippen LogP contribution in [0.3, 0.4) is 0 Å². The van der Waals surface area contributed by atoms with Gasteiger partial charge in [0.05, 0.1) is 12.0 Å². The van der Waals surface area contributed by atoms with Gasteiger partial charge in [-0.1, -0.05) is 0 Å². The van der Waals surface area contributed by atoms with Gasteiger partial charge in [0.15, 0.2) is 0 Å². The third-order valence-corrected chi connectivity index (χ3v) is 7.82. The first kappa shape index (κ1) is 17.8. The first-order valence-electron chi connectivity index (χ1n) is 9.60. The van der Waals surface area contributed by atoms with Crippen LogP contribution in [-0.2, 0) is 12.8 Å². The highest BCUT2D eigenvalue weighted by Gasteiger charge is 2.27. The minimum absolute atomic E-state index is 0.186. The molecule has 1 aliphatic heterocycles. The number of carbonyl (C=O) groups excluding carboxylic acids is 1. The van der Waals surface area contributed by atoms with Gasteiger partial charge in [-0.15, -0.1) is 22.7 Å². The molecule has 1 aliphatic carbocycles. The second-order valence-electron chi connectivity index (χ2n) is 7.20. The van der Waals surface area contributed by atoms with Gasteiger partial charge >= 0.3 is 0 Å². The summed E-state index contributed by atoms with van der Waals surface area (Å²) in [5.74, 6) is 1.05. The number of rotatable bonds is 3. The van der Waals surface area contributed by atoms with Gasteiger partial charge < -0.3 is 14.5 Å². The lowest BCUT2D eigenvalue weighted by Crippen LogP contribution is -2.48. The Labute approximate surface area is 173 Å². The number of piperazine rings is 1. The van der Waals surface area contributed by atoms with Crippen LogP contribution in [-0.4, -0.2) is 44.1 Å². The number of ether oxygens (including phenoxy) is 1. The molecule has 144 valence electrons. The number of thiophene rings is 2. The van der Waals surface area contributed by atoms with Crippen LogP contribution in [0.4, 0.5) is 5.69 Å². The number of fused-ring (bicyclic) bond motifs is 3. The van der Waals surface area contributed by atoms with E-state index in [0.717, 1.165) is 49.6 Å². The molecule has 0 bridgehead atoms. The Morgan fingerprint density at radius 2 is 1.82 bits per heavy atom. The molecule has 1 amide bonds. The van der Waals surface area contributed by atoms with E-state index in [2.05, 4.69) is 34.5 Å². The predicted molar refractivity (Wildman–Crippen MR) is 116 cm³/mol. The van der Waals surface area contributed by atoms with Gasteiger partial charge in [-0.25, -0.2) is 0 Å². The Balaban J connectivity index is 1.28. The molecule has 2 aromatic heterocycles. The molecule has 28 heavy (non-hydrogen) atoms. The number of carbonyl (C=O) groups is 1. The molecule has 0 unspecified atom stereocenters. The van der Waals surface area contributed by atoms with Crippen molar-refractivity contribution in [3.63, 3.8) is 0 Å². The van der Waals surface area contributed by atoms with Gasteiger partial charge in [0.2, 0.25) is 0 Å². The van der Waals surface area contributed by atoms with Crippen molar-refractivity contribution in [2.75, 3.05) is 38.2 Å². The molecule has 1 aromatic carbocycles. The molecule has 3 aromatic rings. The summed E-state index contributed by atoms with van der Waals surface area (Å²) < 4.78 is 5.24. The minimum atomic E-state index is 0.186. The average molecular weight is 411 g/mol. The SMILES string of the molecule is COc1ccc(N2CCN(C(=O)c3cc4c(s3)-c3ccsc3CC4)CC2)cc1. The molecule has 0 N–H and O–H groups in total. The standard InChI is InChI=1S/C22H22N2O2S2/c1-26-17-5-3-16(4-6-17)23-9-11-24(12-10-23)22(25)20-14-15-2-7-19-18(8-13-27-19)21(15)28-20/h3-6,8,13-14H,2,7,9-12H2,1H3. The monoisotopic (exact) mass is 410 g/mol. The van der Waals surface area contributed by atoms with E-state index in [4.69, 9.17) is 4.74 Å². The van der Waals surface area contributed by atoms with Gasteiger partial charge in [0.1, 0.15) is 5.75 Å². The Hall–Kier alpha value is -2.31. The molecule has 2 aliphatic rings. The highest BCUT2D eigenvalue weighted by Crippen LogP contribution is 2.42. The number of aryl methyl sites for hydroxylation is 2. The fourth-order valence-electron chi connectivity index (χ4n) is 4.05. The Bertz CT molecular complexity index is 998. The predicted octanol–water partition coefficient (Wildman–Crippen LogP) is 4.55. The summed E-state index contributed by atoms with van der Waals surface area (Å²) in [6.07, 6.45) is 2.16. The maximum Gasteiger partial charge on any atom is 0.264 e. The van der Waals surface area contributed by atoms with Crippen molar-refractivity contribution in [2.45, 2.75) is 12.8 Å². The Morgan fingerprint density at radius 1 is 1.04 bits per heavy atom. The lowest BCUT2D eigenvalue weighted by molar-refractivity contribution is 0.0751. The summed E-state index contributed by atoms with van der Waals surface area (Å²) in [6, 6.07) is 12.5. The van der Waals surface area contributed by atoms with E-state index in [1.165, 1.54) is 26.6 Å². The van der Waals surface area contributed by atoms with E-state index in [-0.39, 0.29) is 5.91 Å². The van der Waals surface area contributed by atoms with E-state index >= 15 is 0 Å². The van der Waals surface area contributed by atoms with Crippen molar-refractivity contribution in [1.29, 1.82) is 0 Å². The third-order valence-electron chi connectivity index (χ3n) is 5.64. The van der Waals surface area contributed by atoms with Crippen molar-refractivity contribution < 1.29 is 9.53 Å². The van der Waals surface area contributed by atoms with Gasteiger partial charge in [0, 0.05) is 47.2 Å². The maximum atomic E-state index is 13.1. The number of hydrogen-bond acceptors (Lipinski definition) is 5. The summed E-state index contributed by atoms with van der Waals surface area (Å²) in [5.41, 5.74) is 3.88. The quantitative estimate of drug-likeness (QED) is 0.635. The van der Waals surface area contributed by atoms with E-state index in [1.54, 1.807) is 18.4 Å². The summed E-state index contributed by atoms with van der Waals surface area (Å²) >= 11 is 3.51. The van der Waals surface area contributed by atoms with Crippen LogP contribution in [0, 0.1) is 0 Å². The van der Waals surface area contributed by atoms with E-state index in [1.807, 2.05) is 28.4 Å². The molecule has 1 saturated heterocycles. The van der Waals surface area contributed by atoms with Crippen molar-refractivity contribution in [3.8, 4) is 16.2 Å². The van der Waals surface area contributed by atoms with E-state index in [0.29, 0.717) is 0 Å². The number of nitrogens with zero attached hydrogens (tertiary/aromatic N) is 2. The van der Waals surface area contributed by atoms with E-state index in [9.17, 15) is 4.79 Å². The lowest BCUT2D eigenvalue weighted by Gasteiger charge is -2.36. The zero-order valence-corrected chi connectivity index (χ0v) is 17.4. The molecular weight excluding hydrogens is 388 g/mol. The van der Waals surface area contributed by atoms with Gasteiger partial charge in [-0.3, -0.25) is 4.79 Å². The van der Waals surface area contributed by atoms with Crippen LogP contribution in [0.5, 0.6) is 5.75 Å². The van der Waals surface area contributed by atoms with Crippen LogP contribution < -0.4 is 9.64 Å². The van der Waals surface area contributed by atoms with Crippen LogP contribution in [0.25, 0.3) is 10.4 Å². The molecule has 1 fully saturated rings. The number of benzene rings is 1. The zero-order chi connectivity index (χ0) is 19.1. The average Bonchev–Trinajstić information content (AvgIpc) is 3.40. The summed E-state index contributed by atoms with van der Waals surface area (Å²) in [7, 11) is 1.68. The number of methoxy groups -OCH3 is 1. The molecule has 0 spiro atoms. The molecule has 3 heterocycles. The summed E-state index contributed by atoms with van der Waals surface area (Å²) in [6.45, 7) is 3.24. The molecule has 0 saturated carbocycles. The fourth-order valence-corrected chi connectivity index (χ4v) is 6.23. The maximum absolute atomic E-state index is 13.1. The van der Waals surface area contributed by atoms with Gasteiger partial charge in [0.25, 0.3) is 5.91 Å². The minimum Gasteiger partial charge on any atom is -0.497 e. The van der Waals surface area contributed by atoms with Gasteiger partial charge in [-0.05, 0) is 60.2 Å². The normalized spacial score (nSPS) is 15.9. The summed E-state index contributed by atoms with van der Waals surface area (Å²) in [4.78, 5) is 21.1. The Morgan fingerprint density at radius 3 is 2.57 bits per heavy atom. The highest BCUT2D eigenvalue weighted by atomic mass is 32.1. The first-order valence-corrected chi connectivity index (χ1v) is 11.3. The molecule has 6 heteroatoms. The summed E-state index contributed by atoms with van der Waals surface area (Å²) in [5, 5.41) is 2.17. The number of hydrogen-bond donors (Lipinski definition) is 0. The largest absolute Gasteiger partial charge is 0.497 e. The van der Waals surface area contributed by atoms with Crippen LogP contribution in [0.1, 0.15) is 20.1 Å². The Kier molecular flexibility index (Phi) is 4.61. The molecule has 0 atom stereocenters. The molecule has 4 nitrogen and oxygen atoms in total. The zero-order valence-electron chi connectivity index (χ0n) is 15.8.